The molecule has 90 valence electrons. The fourth-order valence-corrected chi connectivity index (χ4v) is 2.12. The van der Waals surface area contributed by atoms with E-state index >= 15 is 0 Å². The number of nitrogens with one attached hydrogen (secondary N) is 1. The van der Waals surface area contributed by atoms with Crippen molar-refractivity contribution in [3.63, 3.8) is 0 Å². The maximum Gasteiger partial charge on any atom is 0.0553 e. The molecular weight excluding hydrogens is 208 g/mol. The second-order valence-corrected chi connectivity index (χ2v) is 4.46. The highest BCUT2D eigenvalue weighted by atomic mass is 15.0. The van der Waals surface area contributed by atoms with Gasteiger partial charge in [-0.2, -0.15) is 0 Å². The second-order valence-electron chi connectivity index (χ2n) is 4.46. The number of aryl methyl sites for hydroxylation is 3. The van der Waals surface area contributed by atoms with E-state index in [0.29, 0.717) is 0 Å². The Hall–Kier alpha value is -1.70. The van der Waals surface area contributed by atoms with Crippen LogP contribution in [0.5, 0.6) is 0 Å². The van der Waals surface area contributed by atoms with Crippen molar-refractivity contribution in [3.05, 3.63) is 53.3 Å². The summed E-state index contributed by atoms with van der Waals surface area (Å²) in [5.74, 6) is 0. The van der Waals surface area contributed by atoms with Crippen LogP contribution in [0.3, 0.4) is 0 Å². The predicted molar refractivity (Wildman–Crippen MR) is 73.3 cm³/mol. The molecule has 2 nitrogen and oxygen atoms in total. The first kappa shape index (κ1) is 11.8. The maximum absolute atomic E-state index is 3.50. The van der Waals surface area contributed by atoms with Crippen LogP contribution in [-0.2, 0) is 13.1 Å². The number of hydrogen-bond donors (Lipinski definition) is 1. The largest absolute Gasteiger partial charge is 0.379 e. The smallest absolute Gasteiger partial charge is 0.0553 e. The molecule has 0 fully saturated rings. The van der Waals surface area contributed by atoms with Gasteiger partial charge in [0.25, 0.3) is 0 Å². The fraction of sp³-hybridized carbons (Fsp3) is 0.333. The van der Waals surface area contributed by atoms with Crippen molar-refractivity contribution in [1.29, 1.82) is 0 Å². The number of rotatable bonds is 4. The highest BCUT2D eigenvalue weighted by molar-refractivity contribution is 5.52. The average molecular weight is 228 g/mol. The summed E-state index contributed by atoms with van der Waals surface area (Å²) in [6.07, 6.45) is 2.12. The van der Waals surface area contributed by atoms with E-state index in [1.807, 2.05) is 0 Å². The fourth-order valence-electron chi connectivity index (χ4n) is 2.12. The SMILES string of the molecule is CCn1cccc1CNc1ccc(C)cc1C. The lowest BCUT2D eigenvalue weighted by Crippen LogP contribution is -2.06. The molecule has 0 saturated heterocycles. The summed E-state index contributed by atoms with van der Waals surface area (Å²) in [6.45, 7) is 8.34. The van der Waals surface area contributed by atoms with E-state index in [4.69, 9.17) is 0 Å². The molecule has 0 aliphatic rings. The lowest BCUT2D eigenvalue weighted by Gasteiger charge is -2.12. The number of nitrogens with zero attached hydrogens (tertiary/aromatic N) is 1. The Morgan fingerprint density at radius 1 is 1.18 bits per heavy atom. The van der Waals surface area contributed by atoms with Crippen LogP contribution >= 0.6 is 0 Å². The first-order chi connectivity index (χ1) is 8.20. The third-order valence-corrected chi connectivity index (χ3v) is 3.11. The van der Waals surface area contributed by atoms with Crippen LogP contribution in [0.1, 0.15) is 23.7 Å². The molecule has 0 amide bonds. The molecular formula is C15H20N2. The van der Waals surface area contributed by atoms with Crippen molar-refractivity contribution in [2.24, 2.45) is 0 Å². The van der Waals surface area contributed by atoms with E-state index in [2.05, 4.69) is 67.2 Å². The van der Waals surface area contributed by atoms with E-state index < -0.39 is 0 Å². The lowest BCUT2D eigenvalue weighted by molar-refractivity contribution is 0.724. The van der Waals surface area contributed by atoms with Crippen LogP contribution in [0.2, 0.25) is 0 Å². The molecule has 2 aromatic rings. The molecule has 1 heterocycles. The maximum atomic E-state index is 3.50. The summed E-state index contributed by atoms with van der Waals surface area (Å²) in [7, 11) is 0. The van der Waals surface area contributed by atoms with Crippen LogP contribution in [-0.4, -0.2) is 4.57 Å². The highest BCUT2D eigenvalue weighted by Gasteiger charge is 2.01. The summed E-state index contributed by atoms with van der Waals surface area (Å²) in [6, 6.07) is 10.8. The second kappa shape index (κ2) is 5.09. The van der Waals surface area contributed by atoms with Gasteiger partial charge in [-0.05, 0) is 44.5 Å². The Bertz CT molecular complexity index is 497. The van der Waals surface area contributed by atoms with Gasteiger partial charge in [-0.25, -0.2) is 0 Å². The van der Waals surface area contributed by atoms with Gasteiger partial charge in [0.2, 0.25) is 0 Å². The topological polar surface area (TPSA) is 17.0 Å². The quantitative estimate of drug-likeness (QED) is 0.843. The number of aromatic nitrogens is 1. The molecule has 2 rings (SSSR count). The van der Waals surface area contributed by atoms with Crippen molar-refractivity contribution in [1.82, 2.24) is 4.57 Å². The Morgan fingerprint density at radius 3 is 2.71 bits per heavy atom. The van der Waals surface area contributed by atoms with Crippen molar-refractivity contribution in [3.8, 4) is 0 Å². The molecule has 1 aromatic carbocycles. The van der Waals surface area contributed by atoms with E-state index in [1.165, 1.54) is 22.5 Å². The van der Waals surface area contributed by atoms with Crippen LogP contribution in [0, 0.1) is 13.8 Å². The van der Waals surface area contributed by atoms with Crippen LogP contribution < -0.4 is 5.32 Å². The molecule has 0 bridgehead atoms. The summed E-state index contributed by atoms with van der Waals surface area (Å²) in [4.78, 5) is 0. The molecule has 2 heteroatoms. The Balaban J connectivity index is 2.07. The highest BCUT2D eigenvalue weighted by Crippen LogP contribution is 2.17. The van der Waals surface area contributed by atoms with Gasteiger partial charge in [0.1, 0.15) is 0 Å². The Labute approximate surface area is 103 Å². The molecule has 17 heavy (non-hydrogen) atoms. The van der Waals surface area contributed by atoms with Crippen LogP contribution in [0.15, 0.2) is 36.5 Å². The van der Waals surface area contributed by atoms with E-state index in [9.17, 15) is 0 Å². The molecule has 0 saturated carbocycles. The van der Waals surface area contributed by atoms with Gasteiger partial charge >= 0.3 is 0 Å². The Morgan fingerprint density at radius 2 is 2.00 bits per heavy atom. The zero-order valence-electron chi connectivity index (χ0n) is 10.8. The summed E-state index contributed by atoms with van der Waals surface area (Å²) >= 11 is 0. The molecule has 1 aromatic heterocycles. The molecule has 1 N–H and O–H groups in total. The van der Waals surface area contributed by atoms with Gasteiger partial charge in [0.15, 0.2) is 0 Å². The molecule has 0 aliphatic carbocycles. The van der Waals surface area contributed by atoms with Gasteiger partial charge in [-0.1, -0.05) is 17.7 Å². The van der Waals surface area contributed by atoms with E-state index in [1.54, 1.807) is 0 Å². The normalized spacial score (nSPS) is 10.5. The summed E-state index contributed by atoms with van der Waals surface area (Å²) < 4.78 is 2.26. The van der Waals surface area contributed by atoms with E-state index in [0.717, 1.165) is 13.1 Å². The summed E-state index contributed by atoms with van der Waals surface area (Å²) in [5, 5.41) is 3.50. The third-order valence-electron chi connectivity index (χ3n) is 3.11. The number of benzene rings is 1. The summed E-state index contributed by atoms with van der Waals surface area (Å²) in [5.41, 5.74) is 5.16. The average Bonchev–Trinajstić information content (AvgIpc) is 2.75. The minimum Gasteiger partial charge on any atom is -0.379 e. The van der Waals surface area contributed by atoms with Crippen molar-refractivity contribution in [2.75, 3.05) is 5.32 Å². The third kappa shape index (κ3) is 2.70. The monoisotopic (exact) mass is 228 g/mol. The number of anilines is 1. The zero-order chi connectivity index (χ0) is 12.3. The van der Waals surface area contributed by atoms with Gasteiger partial charge in [-0.3, -0.25) is 0 Å². The van der Waals surface area contributed by atoms with E-state index in [-0.39, 0.29) is 0 Å². The minimum atomic E-state index is 0.880. The Kier molecular flexibility index (Phi) is 3.52. The van der Waals surface area contributed by atoms with Crippen molar-refractivity contribution in [2.45, 2.75) is 33.9 Å². The van der Waals surface area contributed by atoms with Gasteiger partial charge in [0, 0.05) is 24.1 Å². The first-order valence-electron chi connectivity index (χ1n) is 6.16. The van der Waals surface area contributed by atoms with Crippen molar-refractivity contribution >= 4 is 5.69 Å². The molecule has 0 unspecified atom stereocenters. The number of hydrogen-bond acceptors (Lipinski definition) is 1. The first-order valence-corrected chi connectivity index (χ1v) is 6.16. The zero-order valence-corrected chi connectivity index (χ0v) is 10.8. The molecule has 0 radical (unpaired) electrons. The molecule has 0 aliphatic heterocycles. The predicted octanol–water partition coefficient (Wildman–Crippen LogP) is 3.74. The van der Waals surface area contributed by atoms with Gasteiger partial charge in [-0.15, -0.1) is 0 Å². The van der Waals surface area contributed by atoms with Crippen LogP contribution in [0.25, 0.3) is 0 Å². The lowest BCUT2D eigenvalue weighted by atomic mass is 10.1. The van der Waals surface area contributed by atoms with Gasteiger partial charge < -0.3 is 9.88 Å². The molecule has 0 spiro atoms. The standard InChI is InChI=1S/C15H20N2/c1-4-17-9-5-6-14(17)11-16-15-8-7-12(2)10-13(15)3/h5-10,16H,4,11H2,1-3H3. The van der Waals surface area contributed by atoms with Crippen molar-refractivity contribution < 1.29 is 0 Å². The van der Waals surface area contributed by atoms with Crippen LogP contribution in [0.4, 0.5) is 5.69 Å². The minimum absolute atomic E-state index is 0.880. The molecule has 0 atom stereocenters. The van der Waals surface area contributed by atoms with Gasteiger partial charge in [0.05, 0.1) is 6.54 Å².